The molecule has 0 bridgehead atoms. The molecule has 0 fully saturated rings. The van der Waals surface area contributed by atoms with Gasteiger partial charge in [0.15, 0.2) is 0 Å². The summed E-state index contributed by atoms with van der Waals surface area (Å²) < 4.78 is 26.0. The lowest BCUT2D eigenvalue weighted by Crippen LogP contribution is -2.16. The third-order valence-electron chi connectivity index (χ3n) is 3.26. The van der Waals surface area contributed by atoms with E-state index in [1.807, 2.05) is 0 Å². The molecule has 0 radical (unpaired) electrons. The fourth-order valence-electron chi connectivity index (χ4n) is 2.12. The Morgan fingerprint density at radius 3 is 2.17 bits per heavy atom. The summed E-state index contributed by atoms with van der Waals surface area (Å²) in [5.41, 5.74) is 0.268. The van der Waals surface area contributed by atoms with Crippen molar-refractivity contribution in [2.75, 3.05) is 5.32 Å². The van der Waals surface area contributed by atoms with E-state index in [2.05, 4.69) is 15.3 Å². The molecule has 24 heavy (non-hydrogen) atoms. The lowest BCUT2D eigenvalue weighted by atomic mass is 10.1. The number of nitrogens with one attached hydrogen (secondary N) is 2. The lowest BCUT2D eigenvalue weighted by molar-refractivity contribution is 0.627. The van der Waals surface area contributed by atoms with Crippen LogP contribution in [0.15, 0.2) is 53.3 Å². The molecule has 3 rings (SSSR count). The zero-order valence-corrected chi connectivity index (χ0v) is 12.2. The number of aromatic amines is 1. The minimum Gasteiger partial charge on any atom is -0.326 e. The number of hydrogen-bond acceptors (Lipinski definition) is 4. The Labute approximate surface area is 135 Å². The number of aromatic nitrogens is 2. The van der Waals surface area contributed by atoms with Gasteiger partial charge in [-0.1, -0.05) is 0 Å². The molecule has 0 aliphatic heterocycles. The molecule has 118 valence electrons. The summed E-state index contributed by atoms with van der Waals surface area (Å²) in [6.45, 7) is 0. The van der Waals surface area contributed by atoms with Crippen molar-refractivity contribution in [3.63, 3.8) is 0 Å². The molecule has 0 aliphatic carbocycles. The maximum atomic E-state index is 13.1. The quantitative estimate of drug-likeness (QED) is 0.774. The molecule has 0 saturated carbocycles. The van der Waals surface area contributed by atoms with Gasteiger partial charge in [0.05, 0.1) is 5.69 Å². The van der Waals surface area contributed by atoms with E-state index in [9.17, 15) is 18.8 Å². The van der Waals surface area contributed by atoms with E-state index in [1.165, 1.54) is 48.5 Å². The minimum atomic E-state index is -0.628. The van der Waals surface area contributed by atoms with E-state index in [0.29, 0.717) is 11.3 Å². The third-order valence-corrected chi connectivity index (χ3v) is 3.26. The standard InChI is InChI=1S/C17H10F2N4O/c18-11-3-1-10(2-4-11)15-14(9-20)16(24)23-17(22-15)21-13-7-5-12(19)6-8-13/h1-8H,(H2,21,22,23,24). The van der Waals surface area contributed by atoms with Crippen LogP contribution in [0.25, 0.3) is 11.3 Å². The van der Waals surface area contributed by atoms with Gasteiger partial charge in [-0.05, 0) is 48.5 Å². The zero-order valence-electron chi connectivity index (χ0n) is 12.2. The first-order chi connectivity index (χ1) is 11.6. The van der Waals surface area contributed by atoms with Gasteiger partial charge in [-0.25, -0.2) is 13.8 Å². The molecular formula is C17H10F2N4O. The molecule has 0 aliphatic rings. The highest BCUT2D eigenvalue weighted by Crippen LogP contribution is 2.21. The van der Waals surface area contributed by atoms with Gasteiger partial charge < -0.3 is 5.32 Å². The summed E-state index contributed by atoms with van der Waals surface area (Å²) in [6.07, 6.45) is 0. The topological polar surface area (TPSA) is 81.6 Å². The Balaban J connectivity index is 2.06. The van der Waals surface area contributed by atoms with Gasteiger partial charge in [-0.15, -0.1) is 0 Å². The largest absolute Gasteiger partial charge is 0.326 e. The highest BCUT2D eigenvalue weighted by atomic mass is 19.1. The fourth-order valence-corrected chi connectivity index (χ4v) is 2.12. The van der Waals surface area contributed by atoms with Crippen molar-refractivity contribution in [1.29, 1.82) is 5.26 Å². The molecule has 2 N–H and O–H groups in total. The van der Waals surface area contributed by atoms with Crippen molar-refractivity contribution in [1.82, 2.24) is 9.97 Å². The van der Waals surface area contributed by atoms with Crippen LogP contribution >= 0.6 is 0 Å². The number of nitriles is 1. The first-order valence-corrected chi connectivity index (χ1v) is 6.90. The van der Waals surface area contributed by atoms with Crippen LogP contribution in [0.4, 0.5) is 20.4 Å². The van der Waals surface area contributed by atoms with Crippen molar-refractivity contribution >= 4 is 11.6 Å². The Hall–Kier alpha value is -3.53. The maximum Gasteiger partial charge on any atom is 0.270 e. The number of H-pyrrole nitrogens is 1. The maximum absolute atomic E-state index is 13.1. The van der Waals surface area contributed by atoms with Crippen LogP contribution in [0.2, 0.25) is 0 Å². The number of benzene rings is 2. The van der Waals surface area contributed by atoms with Crippen molar-refractivity contribution in [2.24, 2.45) is 0 Å². The van der Waals surface area contributed by atoms with E-state index < -0.39 is 17.2 Å². The van der Waals surface area contributed by atoms with E-state index in [1.54, 1.807) is 6.07 Å². The van der Waals surface area contributed by atoms with Crippen LogP contribution in [-0.2, 0) is 0 Å². The lowest BCUT2D eigenvalue weighted by Gasteiger charge is -2.09. The number of anilines is 2. The summed E-state index contributed by atoms with van der Waals surface area (Å²) >= 11 is 0. The number of rotatable bonds is 3. The molecule has 2 aromatic carbocycles. The number of hydrogen-bond donors (Lipinski definition) is 2. The molecule has 7 heteroatoms. The number of halogens is 2. The molecule has 0 saturated heterocycles. The zero-order chi connectivity index (χ0) is 17.1. The Morgan fingerprint density at radius 1 is 1.00 bits per heavy atom. The molecule has 0 spiro atoms. The van der Waals surface area contributed by atoms with Gasteiger partial charge in [0.25, 0.3) is 5.56 Å². The van der Waals surface area contributed by atoms with Gasteiger partial charge in [0.1, 0.15) is 23.3 Å². The minimum absolute atomic E-state index is 0.0879. The van der Waals surface area contributed by atoms with Gasteiger partial charge >= 0.3 is 0 Å². The second-order valence-electron chi connectivity index (χ2n) is 4.89. The Kier molecular flexibility index (Phi) is 4.03. The summed E-state index contributed by atoms with van der Waals surface area (Å²) in [6, 6.07) is 12.6. The summed E-state index contributed by atoms with van der Waals surface area (Å²) in [5.74, 6) is -0.745. The second-order valence-corrected chi connectivity index (χ2v) is 4.89. The smallest absolute Gasteiger partial charge is 0.270 e. The molecule has 1 aromatic heterocycles. The Bertz CT molecular complexity index is 973. The monoisotopic (exact) mass is 324 g/mol. The molecule has 0 amide bonds. The molecule has 1 heterocycles. The molecule has 0 atom stereocenters. The highest BCUT2D eigenvalue weighted by molar-refractivity contribution is 5.68. The SMILES string of the molecule is N#Cc1c(-c2ccc(F)cc2)nc(Nc2ccc(F)cc2)[nH]c1=O. The first kappa shape index (κ1) is 15.4. The summed E-state index contributed by atoms with van der Waals surface area (Å²) in [4.78, 5) is 18.7. The normalized spacial score (nSPS) is 10.2. The van der Waals surface area contributed by atoms with Crippen molar-refractivity contribution in [3.8, 4) is 17.3 Å². The van der Waals surface area contributed by atoms with E-state index in [-0.39, 0.29) is 17.2 Å². The van der Waals surface area contributed by atoms with Crippen LogP contribution in [0.1, 0.15) is 5.56 Å². The molecule has 5 nitrogen and oxygen atoms in total. The van der Waals surface area contributed by atoms with E-state index in [0.717, 1.165) is 0 Å². The van der Waals surface area contributed by atoms with Gasteiger partial charge in [-0.2, -0.15) is 5.26 Å². The summed E-state index contributed by atoms with van der Waals surface area (Å²) in [7, 11) is 0. The van der Waals surface area contributed by atoms with Crippen LogP contribution in [0, 0.1) is 23.0 Å². The van der Waals surface area contributed by atoms with Gasteiger partial charge in [0, 0.05) is 11.3 Å². The average molecular weight is 324 g/mol. The predicted octanol–water partition coefficient (Wildman–Crippen LogP) is 3.33. The van der Waals surface area contributed by atoms with E-state index in [4.69, 9.17) is 0 Å². The van der Waals surface area contributed by atoms with Crippen molar-refractivity contribution in [2.45, 2.75) is 0 Å². The second kappa shape index (κ2) is 6.30. The summed E-state index contributed by atoms with van der Waals surface area (Å²) in [5, 5.41) is 12.0. The molecule has 0 unspecified atom stereocenters. The highest BCUT2D eigenvalue weighted by Gasteiger charge is 2.13. The van der Waals surface area contributed by atoms with Gasteiger partial charge in [0.2, 0.25) is 5.95 Å². The number of nitrogens with zero attached hydrogens (tertiary/aromatic N) is 2. The first-order valence-electron chi connectivity index (χ1n) is 6.90. The third kappa shape index (κ3) is 3.13. The van der Waals surface area contributed by atoms with Crippen LogP contribution in [-0.4, -0.2) is 9.97 Å². The fraction of sp³-hybridized carbons (Fsp3) is 0. The molecule has 3 aromatic rings. The van der Waals surface area contributed by atoms with Crippen molar-refractivity contribution < 1.29 is 8.78 Å². The van der Waals surface area contributed by atoms with Crippen LogP contribution in [0.3, 0.4) is 0 Å². The average Bonchev–Trinajstić information content (AvgIpc) is 2.57. The van der Waals surface area contributed by atoms with Crippen LogP contribution < -0.4 is 10.9 Å². The van der Waals surface area contributed by atoms with Crippen molar-refractivity contribution in [3.05, 3.63) is 76.1 Å². The van der Waals surface area contributed by atoms with E-state index >= 15 is 0 Å². The van der Waals surface area contributed by atoms with Crippen LogP contribution in [0.5, 0.6) is 0 Å². The predicted molar refractivity (Wildman–Crippen MR) is 84.6 cm³/mol. The molecular weight excluding hydrogens is 314 g/mol. The Morgan fingerprint density at radius 2 is 1.58 bits per heavy atom. The van der Waals surface area contributed by atoms with Gasteiger partial charge in [-0.3, -0.25) is 9.78 Å².